The summed E-state index contributed by atoms with van der Waals surface area (Å²) in [6, 6.07) is 3.79. The van der Waals surface area contributed by atoms with Crippen LogP contribution < -0.4 is 0 Å². The summed E-state index contributed by atoms with van der Waals surface area (Å²) in [6.45, 7) is 1.90. The second kappa shape index (κ2) is 5.49. The van der Waals surface area contributed by atoms with E-state index in [2.05, 4.69) is 4.98 Å². The number of aryl methyl sites for hydroxylation is 1. The minimum Gasteiger partial charge on any atom is -0.478 e. The monoisotopic (exact) mass is 283 g/mol. The Morgan fingerprint density at radius 1 is 1.56 bits per heavy atom. The Kier molecular flexibility index (Phi) is 3.98. The van der Waals surface area contributed by atoms with Crippen LogP contribution in [-0.2, 0) is 5.75 Å². The maximum Gasteiger partial charge on any atom is 0.335 e. The van der Waals surface area contributed by atoms with Gasteiger partial charge < -0.3 is 5.11 Å². The van der Waals surface area contributed by atoms with Crippen LogP contribution in [0.5, 0.6) is 0 Å². The van der Waals surface area contributed by atoms with Gasteiger partial charge in [-0.15, -0.1) is 23.1 Å². The van der Waals surface area contributed by atoms with Gasteiger partial charge in [-0.25, -0.2) is 14.2 Å². The van der Waals surface area contributed by atoms with Crippen LogP contribution in [0.3, 0.4) is 0 Å². The third-order valence-electron chi connectivity index (χ3n) is 2.20. The van der Waals surface area contributed by atoms with Gasteiger partial charge in [0, 0.05) is 16.0 Å². The van der Waals surface area contributed by atoms with Crippen molar-refractivity contribution >= 4 is 29.1 Å². The number of benzene rings is 1. The number of aromatic nitrogens is 1. The largest absolute Gasteiger partial charge is 0.478 e. The van der Waals surface area contributed by atoms with Crippen molar-refractivity contribution in [1.29, 1.82) is 0 Å². The van der Waals surface area contributed by atoms with E-state index < -0.39 is 11.8 Å². The molecule has 0 spiro atoms. The summed E-state index contributed by atoms with van der Waals surface area (Å²) in [4.78, 5) is 15.4. The zero-order valence-corrected chi connectivity index (χ0v) is 11.1. The summed E-state index contributed by atoms with van der Waals surface area (Å²) in [7, 11) is 0. The molecule has 3 nitrogen and oxygen atoms in total. The lowest BCUT2D eigenvalue weighted by molar-refractivity contribution is 0.0696. The molecule has 0 aliphatic rings. The first kappa shape index (κ1) is 13.0. The standard InChI is InChI=1S/C12H10FNO2S2/c1-7-5-18-11(14-7)6-17-10-4-8(12(15)16)2-3-9(10)13/h2-5H,6H2,1H3,(H,15,16). The van der Waals surface area contributed by atoms with Gasteiger partial charge in [-0.3, -0.25) is 0 Å². The summed E-state index contributed by atoms with van der Waals surface area (Å²) in [5, 5.41) is 11.7. The number of carbonyl (C=O) groups is 1. The highest BCUT2D eigenvalue weighted by Gasteiger charge is 2.09. The number of carboxylic acids is 1. The number of rotatable bonds is 4. The fourth-order valence-corrected chi connectivity index (χ4v) is 3.12. The Hall–Kier alpha value is -1.40. The molecule has 0 unspecified atom stereocenters. The molecule has 0 bridgehead atoms. The fraction of sp³-hybridized carbons (Fsp3) is 0.167. The van der Waals surface area contributed by atoms with Crippen molar-refractivity contribution < 1.29 is 14.3 Å². The smallest absolute Gasteiger partial charge is 0.335 e. The maximum absolute atomic E-state index is 13.5. The maximum atomic E-state index is 13.5. The van der Waals surface area contributed by atoms with Gasteiger partial charge in [0.25, 0.3) is 0 Å². The minimum atomic E-state index is -1.05. The lowest BCUT2D eigenvalue weighted by Gasteiger charge is -2.03. The molecule has 2 aromatic rings. The summed E-state index contributed by atoms with van der Waals surface area (Å²) < 4.78 is 13.5. The highest BCUT2D eigenvalue weighted by molar-refractivity contribution is 7.98. The van der Waals surface area contributed by atoms with E-state index in [1.54, 1.807) is 0 Å². The van der Waals surface area contributed by atoms with E-state index in [1.807, 2.05) is 12.3 Å². The highest BCUT2D eigenvalue weighted by Crippen LogP contribution is 2.27. The predicted octanol–water partition coefficient (Wildman–Crippen LogP) is 3.58. The van der Waals surface area contributed by atoms with Gasteiger partial charge in [-0.1, -0.05) is 0 Å². The number of thioether (sulfide) groups is 1. The van der Waals surface area contributed by atoms with E-state index in [9.17, 15) is 9.18 Å². The molecule has 0 saturated heterocycles. The van der Waals surface area contributed by atoms with Crippen molar-refractivity contribution in [2.24, 2.45) is 0 Å². The molecule has 1 aromatic carbocycles. The number of hydrogen-bond acceptors (Lipinski definition) is 4. The van der Waals surface area contributed by atoms with E-state index in [4.69, 9.17) is 5.11 Å². The van der Waals surface area contributed by atoms with Crippen LogP contribution in [0.2, 0.25) is 0 Å². The van der Waals surface area contributed by atoms with Crippen molar-refractivity contribution in [2.45, 2.75) is 17.6 Å². The first-order valence-electron chi connectivity index (χ1n) is 5.13. The first-order valence-corrected chi connectivity index (χ1v) is 6.99. The minimum absolute atomic E-state index is 0.0919. The molecule has 1 aromatic heterocycles. The van der Waals surface area contributed by atoms with Crippen LogP contribution in [0.4, 0.5) is 4.39 Å². The summed E-state index contributed by atoms with van der Waals surface area (Å²) in [5.41, 5.74) is 1.03. The Balaban J connectivity index is 2.13. The lowest BCUT2D eigenvalue weighted by Crippen LogP contribution is -1.97. The van der Waals surface area contributed by atoms with Gasteiger partial charge in [-0.05, 0) is 25.1 Å². The average Bonchev–Trinajstić information content (AvgIpc) is 2.74. The summed E-state index contributed by atoms with van der Waals surface area (Å²) in [5.74, 6) is -0.918. The number of carboxylic acid groups (broad SMARTS) is 1. The van der Waals surface area contributed by atoms with Crippen molar-refractivity contribution in [2.75, 3.05) is 0 Å². The van der Waals surface area contributed by atoms with Crippen LogP contribution >= 0.6 is 23.1 Å². The molecule has 94 valence electrons. The Labute approximate surface area is 112 Å². The topological polar surface area (TPSA) is 50.2 Å². The molecule has 0 atom stereocenters. The Bertz CT molecular complexity index is 583. The Morgan fingerprint density at radius 2 is 2.33 bits per heavy atom. The quantitative estimate of drug-likeness (QED) is 0.871. The molecule has 2 rings (SSSR count). The molecule has 1 N–H and O–H groups in total. The van der Waals surface area contributed by atoms with Gasteiger partial charge in [0.1, 0.15) is 10.8 Å². The van der Waals surface area contributed by atoms with Gasteiger partial charge >= 0.3 is 5.97 Å². The molecular weight excluding hydrogens is 273 g/mol. The molecule has 0 saturated carbocycles. The van der Waals surface area contributed by atoms with E-state index >= 15 is 0 Å². The molecular formula is C12H10FNO2S2. The zero-order chi connectivity index (χ0) is 13.1. The van der Waals surface area contributed by atoms with Crippen molar-refractivity contribution in [3.05, 3.63) is 45.7 Å². The molecule has 18 heavy (non-hydrogen) atoms. The van der Waals surface area contributed by atoms with Crippen molar-refractivity contribution in [1.82, 2.24) is 4.98 Å². The Morgan fingerprint density at radius 3 is 2.94 bits per heavy atom. The van der Waals surface area contributed by atoms with Crippen LogP contribution in [0.25, 0.3) is 0 Å². The fourth-order valence-electron chi connectivity index (χ4n) is 1.36. The first-order chi connectivity index (χ1) is 8.56. The van der Waals surface area contributed by atoms with E-state index in [0.29, 0.717) is 10.6 Å². The molecule has 0 radical (unpaired) electrons. The molecule has 6 heteroatoms. The SMILES string of the molecule is Cc1csc(CSc2cc(C(=O)O)ccc2F)n1. The molecule has 0 aliphatic carbocycles. The number of thiazole rings is 1. The third-order valence-corrected chi connectivity index (χ3v) is 4.39. The van der Waals surface area contributed by atoms with E-state index in [-0.39, 0.29) is 5.56 Å². The number of nitrogens with zero attached hydrogens (tertiary/aromatic N) is 1. The summed E-state index contributed by atoms with van der Waals surface area (Å²) >= 11 is 2.77. The summed E-state index contributed by atoms with van der Waals surface area (Å²) in [6.07, 6.45) is 0. The second-order valence-corrected chi connectivity index (χ2v) is 5.58. The van der Waals surface area contributed by atoms with Gasteiger partial charge in [-0.2, -0.15) is 0 Å². The predicted molar refractivity (Wildman–Crippen MR) is 69.8 cm³/mol. The molecule has 0 amide bonds. The number of aromatic carboxylic acids is 1. The van der Waals surface area contributed by atoms with E-state index in [1.165, 1.54) is 41.3 Å². The normalized spacial score (nSPS) is 10.6. The molecule has 1 heterocycles. The number of halogens is 1. The second-order valence-electron chi connectivity index (χ2n) is 3.62. The lowest BCUT2D eigenvalue weighted by atomic mass is 10.2. The highest BCUT2D eigenvalue weighted by atomic mass is 32.2. The van der Waals surface area contributed by atoms with E-state index in [0.717, 1.165) is 10.7 Å². The van der Waals surface area contributed by atoms with Crippen LogP contribution in [-0.4, -0.2) is 16.1 Å². The average molecular weight is 283 g/mol. The van der Waals surface area contributed by atoms with Crippen LogP contribution in [0.15, 0.2) is 28.5 Å². The van der Waals surface area contributed by atoms with Gasteiger partial charge in [0.2, 0.25) is 0 Å². The van der Waals surface area contributed by atoms with Crippen molar-refractivity contribution in [3.63, 3.8) is 0 Å². The zero-order valence-electron chi connectivity index (χ0n) is 9.51. The molecule has 0 aliphatic heterocycles. The van der Waals surface area contributed by atoms with Gasteiger partial charge in [0.15, 0.2) is 0 Å². The molecule has 0 fully saturated rings. The number of hydrogen-bond donors (Lipinski definition) is 1. The van der Waals surface area contributed by atoms with Gasteiger partial charge in [0.05, 0.1) is 11.3 Å². The van der Waals surface area contributed by atoms with Crippen LogP contribution in [0.1, 0.15) is 21.1 Å². The third kappa shape index (κ3) is 3.08. The van der Waals surface area contributed by atoms with Crippen LogP contribution in [0, 0.1) is 12.7 Å². The van der Waals surface area contributed by atoms with Crippen molar-refractivity contribution in [3.8, 4) is 0 Å².